The predicted octanol–water partition coefficient (Wildman–Crippen LogP) is 2.80. The highest BCUT2D eigenvalue weighted by molar-refractivity contribution is 6.18. The van der Waals surface area contributed by atoms with E-state index in [1.807, 2.05) is 0 Å². The molecule has 0 heterocycles. The zero-order valence-electron chi connectivity index (χ0n) is 9.76. The third kappa shape index (κ3) is 4.42. The molecule has 0 bridgehead atoms. The minimum absolute atomic E-state index is 0.185. The fourth-order valence-corrected chi connectivity index (χ4v) is 2.68. The Hall–Kier alpha value is -0.240. The zero-order valence-corrected chi connectivity index (χ0v) is 10.5. The molecule has 1 aliphatic carbocycles. The van der Waals surface area contributed by atoms with Crippen LogP contribution in [0.5, 0.6) is 0 Å². The van der Waals surface area contributed by atoms with Crippen molar-refractivity contribution >= 4 is 17.5 Å². The summed E-state index contributed by atoms with van der Waals surface area (Å²) in [7, 11) is 0. The van der Waals surface area contributed by atoms with Crippen LogP contribution in [0.25, 0.3) is 0 Å². The molecule has 0 saturated heterocycles. The lowest BCUT2D eigenvalue weighted by Gasteiger charge is -2.17. The lowest BCUT2D eigenvalue weighted by atomic mass is 9.98. The summed E-state index contributed by atoms with van der Waals surface area (Å²) in [6.45, 7) is 4.95. The average molecular weight is 232 g/mol. The van der Waals surface area contributed by atoms with Crippen LogP contribution in [0.2, 0.25) is 0 Å². The van der Waals surface area contributed by atoms with Crippen molar-refractivity contribution in [2.24, 2.45) is 17.8 Å². The van der Waals surface area contributed by atoms with Crippen LogP contribution in [0.1, 0.15) is 39.5 Å². The van der Waals surface area contributed by atoms with E-state index in [1.54, 1.807) is 0 Å². The van der Waals surface area contributed by atoms with Crippen LogP contribution in [0.3, 0.4) is 0 Å². The Morgan fingerprint density at radius 3 is 2.67 bits per heavy atom. The van der Waals surface area contributed by atoms with Gasteiger partial charge in [-0.15, -0.1) is 11.6 Å². The molecular weight excluding hydrogens is 210 g/mol. The van der Waals surface area contributed by atoms with E-state index in [0.717, 1.165) is 12.4 Å². The van der Waals surface area contributed by atoms with Gasteiger partial charge in [0.15, 0.2) is 0 Å². The van der Waals surface area contributed by atoms with E-state index in [2.05, 4.69) is 19.2 Å². The standard InChI is InChI=1S/C12H22ClNO/c1-9(2)6-12(15)14-8-11-5-3-4-10(11)7-13/h9-11H,3-8H2,1-2H3,(H,14,15). The van der Waals surface area contributed by atoms with E-state index in [0.29, 0.717) is 24.2 Å². The Morgan fingerprint density at radius 2 is 2.07 bits per heavy atom. The quantitative estimate of drug-likeness (QED) is 0.725. The topological polar surface area (TPSA) is 29.1 Å². The van der Waals surface area contributed by atoms with Gasteiger partial charge in [-0.3, -0.25) is 4.79 Å². The summed E-state index contributed by atoms with van der Waals surface area (Å²) in [6, 6.07) is 0. The number of carbonyl (C=O) groups is 1. The minimum atomic E-state index is 0.185. The van der Waals surface area contributed by atoms with Gasteiger partial charge in [-0.25, -0.2) is 0 Å². The van der Waals surface area contributed by atoms with E-state index in [4.69, 9.17) is 11.6 Å². The lowest BCUT2D eigenvalue weighted by Crippen LogP contribution is -2.31. The summed E-state index contributed by atoms with van der Waals surface area (Å²) in [5.41, 5.74) is 0. The maximum atomic E-state index is 11.5. The van der Waals surface area contributed by atoms with E-state index >= 15 is 0 Å². The molecule has 1 N–H and O–H groups in total. The number of hydrogen-bond donors (Lipinski definition) is 1. The summed E-state index contributed by atoms with van der Waals surface area (Å²) >= 11 is 5.89. The molecule has 15 heavy (non-hydrogen) atoms. The van der Waals surface area contributed by atoms with Crippen LogP contribution in [0.15, 0.2) is 0 Å². The normalized spacial score (nSPS) is 25.9. The first-order chi connectivity index (χ1) is 7.13. The number of amides is 1. The molecule has 3 heteroatoms. The molecule has 1 amide bonds. The number of alkyl halides is 1. The van der Waals surface area contributed by atoms with Gasteiger partial charge in [0.1, 0.15) is 0 Å². The van der Waals surface area contributed by atoms with Gasteiger partial charge >= 0.3 is 0 Å². The Bertz CT molecular complexity index is 206. The Kier molecular flexibility index (Phi) is 5.44. The van der Waals surface area contributed by atoms with Gasteiger partial charge in [-0.1, -0.05) is 20.3 Å². The molecule has 2 nitrogen and oxygen atoms in total. The van der Waals surface area contributed by atoms with Crippen molar-refractivity contribution in [3.63, 3.8) is 0 Å². The van der Waals surface area contributed by atoms with Crippen molar-refractivity contribution in [1.82, 2.24) is 5.32 Å². The monoisotopic (exact) mass is 231 g/mol. The second-order valence-corrected chi connectivity index (χ2v) is 5.32. The molecule has 88 valence electrons. The van der Waals surface area contributed by atoms with Crippen LogP contribution in [0, 0.1) is 17.8 Å². The van der Waals surface area contributed by atoms with E-state index < -0.39 is 0 Å². The predicted molar refractivity (Wildman–Crippen MR) is 64.0 cm³/mol. The molecule has 0 aromatic heterocycles. The molecule has 1 rings (SSSR count). The van der Waals surface area contributed by atoms with Crippen LogP contribution in [-0.4, -0.2) is 18.3 Å². The van der Waals surface area contributed by atoms with Crippen molar-refractivity contribution in [2.75, 3.05) is 12.4 Å². The second kappa shape index (κ2) is 6.37. The highest BCUT2D eigenvalue weighted by Gasteiger charge is 2.26. The maximum Gasteiger partial charge on any atom is 0.220 e. The highest BCUT2D eigenvalue weighted by Crippen LogP contribution is 2.31. The fourth-order valence-electron chi connectivity index (χ4n) is 2.27. The first-order valence-electron chi connectivity index (χ1n) is 5.96. The minimum Gasteiger partial charge on any atom is -0.356 e. The van der Waals surface area contributed by atoms with E-state index in [1.165, 1.54) is 19.3 Å². The number of carbonyl (C=O) groups excluding carboxylic acids is 1. The average Bonchev–Trinajstić information content (AvgIpc) is 2.60. The smallest absolute Gasteiger partial charge is 0.220 e. The van der Waals surface area contributed by atoms with Gasteiger partial charge in [0, 0.05) is 18.8 Å². The molecule has 2 unspecified atom stereocenters. The van der Waals surface area contributed by atoms with Crippen molar-refractivity contribution in [3.8, 4) is 0 Å². The van der Waals surface area contributed by atoms with Gasteiger partial charge in [-0.2, -0.15) is 0 Å². The molecule has 1 fully saturated rings. The Balaban J connectivity index is 2.21. The molecule has 0 aromatic carbocycles. The van der Waals surface area contributed by atoms with Crippen molar-refractivity contribution in [2.45, 2.75) is 39.5 Å². The van der Waals surface area contributed by atoms with E-state index in [9.17, 15) is 4.79 Å². The van der Waals surface area contributed by atoms with Crippen molar-refractivity contribution in [3.05, 3.63) is 0 Å². The fraction of sp³-hybridized carbons (Fsp3) is 0.917. The highest BCUT2D eigenvalue weighted by atomic mass is 35.5. The van der Waals surface area contributed by atoms with Gasteiger partial charge < -0.3 is 5.32 Å². The molecule has 0 radical (unpaired) electrons. The summed E-state index contributed by atoms with van der Waals surface area (Å²) in [4.78, 5) is 11.5. The first kappa shape index (κ1) is 12.8. The molecule has 0 aromatic rings. The summed E-state index contributed by atoms with van der Waals surface area (Å²) < 4.78 is 0. The van der Waals surface area contributed by atoms with Crippen LogP contribution < -0.4 is 5.32 Å². The molecule has 0 aliphatic heterocycles. The molecule has 2 atom stereocenters. The lowest BCUT2D eigenvalue weighted by molar-refractivity contribution is -0.122. The summed E-state index contributed by atoms with van der Waals surface area (Å²) in [6.07, 6.45) is 4.36. The number of hydrogen-bond acceptors (Lipinski definition) is 1. The van der Waals surface area contributed by atoms with Gasteiger partial charge in [0.2, 0.25) is 5.91 Å². The zero-order chi connectivity index (χ0) is 11.3. The van der Waals surface area contributed by atoms with Gasteiger partial charge in [0.25, 0.3) is 0 Å². The SMILES string of the molecule is CC(C)CC(=O)NCC1CCCC1CCl. The largest absolute Gasteiger partial charge is 0.356 e. The van der Waals surface area contributed by atoms with Gasteiger partial charge in [-0.05, 0) is 30.6 Å². The van der Waals surface area contributed by atoms with Crippen LogP contribution in [0.4, 0.5) is 0 Å². The summed E-state index contributed by atoms with van der Waals surface area (Å²) in [5, 5.41) is 3.02. The number of halogens is 1. The maximum absolute atomic E-state index is 11.5. The summed E-state index contributed by atoms with van der Waals surface area (Å²) in [5.74, 6) is 2.59. The Labute approximate surface area is 97.8 Å². The number of rotatable bonds is 5. The van der Waals surface area contributed by atoms with E-state index in [-0.39, 0.29) is 5.91 Å². The van der Waals surface area contributed by atoms with Crippen LogP contribution in [-0.2, 0) is 4.79 Å². The molecular formula is C12H22ClNO. The van der Waals surface area contributed by atoms with Crippen molar-refractivity contribution < 1.29 is 4.79 Å². The third-order valence-electron chi connectivity index (χ3n) is 3.17. The Morgan fingerprint density at radius 1 is 1.40 bits per heavy atom. The second-order valence-electron chi connectivity index (χ2n) is 5.01. The third-order valence-corrected chi connectivity index (χ3v) is 3.57. The van der Waals surface area contributed by atoms with Crippen molar-refractivity contribution in [1.29, 1.82) is 0 Å². The number of nitrogens with one attached hydrogen (secondary N) is 1. The van der Waals surface area contributed by atoms with Gasteiger partial charge in [0.05, 0.1) is 0 Å². The first-order valence-corrected chi connectivity index (χ1v) is 6.49. The van der Waals surface area contributed by atoms with Crippen LogP contribution >= 0.6 is 11.6 Å². The molecule has 1 aliphatic rings. The molecule has 0 spiro atoms. The molecule has 1 saturated carbocycles.